The van der Waals surface area contributed by atoms with Crippen molar-refractivity contribution in [2.24, 2.45) is 5.10 Å². The molecule has 0 aliphatic heterocycles. The quantitative estimate of drug-likeness (QED) is 0.403. The molecule has 0 atom stereocenters. The van der Waals surface area contributed by atoms with Crippen molar-refractivity contribution in [3.05, 3.63) is 65.2 Å². The average Bonchev–Trinajstić information content (AvgIpc) is 2.66. The van der Waals surface area contributed by atoms with Gasteiger partial charge in [-0.1, -0.05) is 24.3 Å². The molecule has 0 radical (unpaired) electrons. The van der Waals surface area contributed by atoms with Gasteiger partial charge in [0.05, 0.1) is 13.3 Å². The zero-order chi connectivity index (χ0) is 19.6. The normalized spacial score (nSPS) is 10.5. The molecule has 0 aliphatic rings. The second-order valence-electron chi connectivity index (χ2n) is 5.50. The SMILES string of the molecule is C=CCOc1ccc(/C=N\NC(=O)COc2ccc(Cl)cc2C)cc1OC. The Morgan fingerprint density at radius 2 is 1.96 bits per heavy atom. The first-order chi connectivity index (χ1) is 13.0. The van der Waals surface area contributed by atoms with Crippen LogP contribution in [0.15, 0.2) is 54.2 Å². The van der Waals surface area contributed by atoms with Crippen molar-refractivity contribution in [1.29, 1.82) is 0 Å². The van der Waals surface area contributed by atoms with Crippen LogP contribution >= 0.6 is 11.6 Å². The van der Waals surface area contributed by atoms with Crippen molar-refractivity contribution in [2.75, 3.05) is 20.3 Å². The van der Waals surface area contributed by atoms with Gasteiger partial charge in [0.25, 0.3) is 5.91 Å². The van der Waals surface area contributed by atoms with Gasteiger partial charge in [-0.15, -0.1) is 0 Å². The van der Waals surface area contributed by atoms with Crippen molar-refractivity contribution in [1.82, 2.24) is 5.43 Å². The summed E-state index contributed by atoms with van der Waals surface area (Å²) >= 11 is 5.89. The van der Waals surface area contributed by atoms with Crippen molar-refractivity contribution in [3.63, 3.8) is 0 Å². The third kappa shape index (κ3) is 6.34. The lowest BCUT2D eigenvalue weighted by Gasteiger charge is -2.09. The molecule has 0 unspecified atom stereocenters. The van der Waals surface area contributed by atoms with Gasteiger partial charge in [-0.05, 0) is 54.4 Å². The van der Waals surface area contributed by atoms with E-state index in [1.54, 1.807) is 49.6 Å². The number of benzene rings is 2. The van der Waals surface area contributed by atoms with Crippen molar-refractivity contribution in [3.8, 4) is 17.2 Å². The first-order valence-electron chi connectivity index (χ1n) is 8.16. The number of nitrogens with one attached hydrogen (secondary N) is 1. The molecular weight excluding hydrogens is 368 g/mol. The van der Waals surface area contributed by atoms with Gasteiger partial charge in [-0.3, -0.25) is 4.79 Å². The monoisotopic (exact) mass is 388 g/mol. The zero-order valence-electron chi connectivity index (χ0n) is 15.2. The maximum absolute atomic E-state index is 11.9. The van der Waals surface area contributed by atoms with E-state index in [2.05, 4.69) is 17.1 Å². The van der Waals surface area contributed by atoms with E-state index < -0.39 is 0 Å². The Balaban J connectivity index is 1.88. The fourth-order valence-corrected chi connectivity index (χ4v) is 2.39. The number of methoxy groups -OCH3 is 1. The lowest BCUT2D eigenvalue weighted by atomic mass is 10.2. The van der Waals surface area contributed by atoms with Crippen LogP contribution < -0.4 is 19.6 Å². The van der Waals surface area contributed by atoms with E-state index in [0.29, 0.717) is 28.9 Å². The van der Waals surface area contributed by atoms with Gasteiger partial charge >= 0.3 is 0 Å². The Hall–Kier alpha value is -2.99. The summed E-state index contributed by atoms with van der Waals surface area (Å²) in [6.45, 7) is 5.69. The maximum Gasteiger partial charge on any atom is 0.277 e. The summed E-state index contributed by atoms with van der Waals surface area (Å²) in [6.07, 6.45) is 3.16. The van der Waals surface area contributed by atoms with Gasteiger partial charge in [0.2, 0.25) is 0 Å². The molecule has 2 aromatic carbocycles. The molecule has 0 bridgehead atoms. The lowest BCUT2D eigenvalue weighted by molar-refractivity contribution is -0.123. The Morgan fingerprint density at radius 3 is 2.67 bits per heavy atom. The number of amides is 1. The highest BCUT2D eigenvalue weighted by molar-refractivity contribution is 6.30. The molecule has 0 spiro atoms. The van der Waals surface area contributed by atoms with Crippen LogP contribution in [0.4, 0.5) is 0 Å². The fraction of sp³-hybridized carbons (Fsp3) is 0.200. The zero-order valence-corrected chi connectivity index (χ0v) is 16.0. The minimum atomic E-state index is -0.376. The minimum Gasteiger partial charge on any atom is -0.493 e. The Bertz CT molecular complexity index is 837. The summed E-state index contributed by atoms with van der Waals surface area (Å²) in [4.78, 5) is 11.9. The number of hydrogen-bond donors (Lipinski definition) is 1. The summed E-state index contributed by atoms with van der Waals surface area (Å²) in [5, 5.41) is 4.54. The standard InChI is InChI=1S/C20H21ClN2O4/c1-4-9-26-18-7-5-15(11-19(18)25-3)12-22-23-20(24)13-27-17-8-6-16(21)10-14(17)2/h4-8,10-12H,1,9,13H2,2-3H3,(H,23,24)/b22-12-. The Labute approximate surface area is 163 Å². The first-order valence-corrected chi connectivity index (χ1v) is 8.54. The molecule has 0 heterocycles. The summed E-state index contributed by atoms with van der Waals surface area (Å²) < 4.78 is 16.2. The van der Waals surface area contributed by atoms with Crippen LogP contribution in [0.25, 0.3) is 0 Å². The van der Waals surface area contributed by atoms with E-state index in [-0.39, 0.29) is 12.5 Å². The number of aryl methyl sites for hydroxylation is 1. The van der Waals surface area contributed by atoms with Crippen molar-refractivity contribution in [2.45, 2.75) is 6.92 Å². The smallest absolute Gasteiger partial charge is 0.277 e. The fourth-order valence-electron chi connectivity index (χ4n) is 2.16. The van der Waals surface area contributed by atoms with Crippen LogP contribution in [0, 0.1) is 6.92 Å². The second kappa shape index (κ2) is 10.2. The predicted molar refractivity (Wildman–Crippen MR) is 106 cm³/mol. The van der Waals surface area contributed by atoms with E-state index in [1.165, 1.54) is 6.21 Å². The maximum atomic E-state index is 11.9. The molecule has 27 heavy (non-hydrogen) atoms. The van der Waals surface area contributed by atoms with Gasteiger partial charge < -0.3 is 14.2 Å². The number of nitrogens with zero attached hydrogens (tertiary/aromatic N) is 1. The van der Waals surface area contributed by atoms with E-state index in [0.717, 1.165) is 11.1 Å². The highest BCUT2D eigenvalue weighted by Crippen LogP contribution is 2.27. The molecule has 7 heteroatoms. The number of hydrogen-bond acceptors (Lipinski definition) is 5. The van der Waals surface area contributed by atoms with Gasteiger partial charge in [0.1, 0.15) is 12.4 Å². The molecule has 0 fully saturated rings. The van der Waals surface area contributed by atoms with Gasteiger partial charge in [-0.25, -0.2) is 5.43 Å². The summed E-state index contributed by atoms with van der Waals surface area (Å²) in [5.74, 6) is 1.39. The van der Waals surface area contributed by atoms with E-state index in [9.17, 15) is 4.79 Å². The van der Waals surface area contributed by atoms with Crippen LogP contribution in [0.5, 0.6) is 17.2 Å². The highest BCUT2D eigenvalue weighted by atomic mass is 35.5. The van der Waals surface area contributed by atoms with E-state index in [1.807, 2.05) is 6.92 Å². The van der Waals surface area contributed by atoms with E-state index >= 15 is 0 Å². The lowest BCUT2D eigenvalue weighted by Crippen LogP contribution is -2.24. The molecule has 142 valence electrons. The third-order valence-electron chi connectivity index (χ3n) is 3.44. The topological polar surface area (TPSA) is 69.2 Å². The first kappa shape index (κ1) is 20.3. The number of ether oxygens (including phenoxy) is 3. The highest BCUT2D eigenvalue weighted by Gasteiger charge is 2.06. The van der Waals surface area contributed by atoms with Gasteiger partial charge in [0.15, 0.2) is 18.1 Å². The molecule has 0 saturated heterocycles. The largest absolute Gasteiger partial charge is 0.493 e. The molecule has 0 saturated carbocycles. The minimum absolute atomic E-state index is 0.155. The number of rotatable bonds is 9. The van der Waals surface area contributed by atoms with Crippen molar-refractivity contribution >= 4 is 23.7 Å². The summed E-state index contributed by atoms with van der Waals surface area (Å²) in [7, 11) is 1.55. The Morgan fingerprint density at radius 1 is 1.19 bits per heavy atom. The van der Waals surface area contributed by atoms with Crippen LogP contribution in [-0.4, -0.2) is 32.4 Å². The molecule has 6 nitrogen and oxygen atoms in total. The molecule has 1 N–H and O–H groups in total. The number of hydrazone groups is 1. The summed E-state index contributed by atoms with van der Waals surface area (Å²) in [5.41, 5.74) is 4.01. The molecule has 2 rings (SSSR count). The number of carbonyl (C=O) groups is 1. The van der Waals surface area contributed by atoms with Crippen LogP contribution in [-0.2, 0) is 4.79 Å². The Kier molecular flexibility index (Phi) is 7.70. The molecule has 0 aliphatic carbocycles. The number of carbonyl (C=O) groups excluding carboxylic acids is 1. The predicted octanol–water partition coefficient (Wildman–Crippen LogP) is 3.75. The van der Waals surface area contributed by atoms with Gasteiger partial charge in [-0.2, -0.15) is 5.10 Å². The molecule has 2 aromatic rings. The number of halogens is 1. The van der Waals surface area contributed by atoms with Crippen LogP contribution in [0.2, 0.25) is 5.02 Å². The van der Waals surface area contributed by atoms with Crippen molar-refractivity contribution < 1.29 is 19.0 Å². The van der Waals surface area contributed by atoms with E-state index in [4.69, 9.17) is 25.8 Å². The van der Waals surface area contributed by atoms with Crippen LogP contribution in [0.3, 0.4) is 0 Å². The summed E-state index contributed by atoms with van der Waals surface area (Å²) in [6, 6.07) is 10.5. The third-order valence-corrected chi connectivity index (χ3v) is 3.68. The second-order valence-corrected chi connectivity index (χ2v) is 5.94. The molecule has 1 amide bonds. The average molecular weight is 389 g/mol. The van der Waals surface area contributed by atoms with Gasteiger partial charge in [0, 0.05) is 5.02 Å². The van der Waals surface area contributed by atoms with Crippen LogP contribution in [0.1, 0.15) is 11.1 Å². The molecular formula is C20H21ClN2O4. The molecule has 0 aromatic heterocycles.